The van der Waals surface area contributed by atoms with Crippen LogP contribution in [0, 0.1) is 31.1 Å². The van der Waals surface area contributed by atoms with E-state index in [2.05, 4.69) is 11.4 Å². The predicted molar refractivity (Wildman–Crippen MR) is 119 cm³/mol. The molecule has 1 aromatic heterocycles. The highest BCUT2D eigenvalue weighted by molar-refractivity contribution is 5.93. The van der Waals surface area contributed by atoms with Crippen molar-refractivity contribution in [1.82, 2.24) is 9.47 Å². The molecule has 0 bridgehead atoms. The van der Waals surface area contributed by atoms with Crippen molar-refractivity contribution >= 4 is 17.7 Å². The molecule has 3 rings (SSSR count). The number of ether oxygens (including phenoxy) is 1. The summed E-state index contributed by atoms with van der Waals surface area (Å²) in [6, 6.07) is 12.2. The van der Waals surface area contributed by atoms with Gasteiger partial charge in [-0.3, -0.25) is 14.5 Å². The van der Waals surface area contributed by atoms with Gasteiger partial charge in [0.1, 0.15) is 11.9 Å². The number of hydrogen-bond donors (Lipinski definition) is 1. The number of esters is 1. The van der Waals surface area contributed by atoms with Gasteiger partial charge >= 0.3 is 5.97 Å². The maximum absolute atomic E-state index is 12.8. The van der Waals surface area contributed by atoms with Crippen LogP contribution >= 0.6 is 0 Å². The number of hydrogen-bond acceptors (Lipinski definition) is 5. The molecule has 1 N–H and O–H groups in total. The van der Waals surface area contributed by atoms with Crippen LogP contribution in [0.15, 0.2) is 30.3 Å². The summed E-state index contributed by atoms with van der Waals surface area (Å²) >= 11 is 0. The minimum atomic E-state index is -0.155. The molecule has 0 saturated carbocycles. The second-order valence-corrected chi connectivity index (χ2v) is 7.97. The van der Waals surface area contributed by atoms with E-state index in [1.54, 1.807) is 0 Å². The predicted octanol–water partition coefficient (Wildman–Crippen LogP) is 3.24. The van der Waals surface area contributed by atoms with Gasteiger partial charge in [-0.05, 0) is 57.8 Å². The third-order valence-electron chi connectivity index (χ3n) is 5.96. The molecule has 0 unspecified atom stereocenters. The number of carbonyl (C=O) groups excluding carboxylic acids is 2. The van der Waals surface area contributed by atoms with Crippen LogP contribution in [0.25, 0.3) is 0 Å². The van der Waals surface area contributed by atoms with Gasteiger partial charge in [-0.2, -0.15) is 5.26 Å². The van der Waals surface area contributed by atoms with E-state index < -0.39 is 0 Å². The third-order valence-corrected chi connectivity index (χ3v) is 5.96. The number of carbonyl (C=O) groups is 2. The lowest BCUT2D eigenvalue weighted by Crippen LogP contribution is -2.41. The summed E-state index contributed by atoms with van der Waals surface area (Å²) in [4.78, 5) is 26.8. The summed E-state index contributed by atoms with van der Waals surface area (Å²) in [7, 11) is 0. The largest absolute Gasteiger partial charge is 0.466 e. The van der Waals surface area contributed by atoms with Gasteiger partial charge in [0.05, 0.1) is 24.6 Å². The lowest BCUT2D eigenvalue weighted by molar-refractivity contribution is -0.149. The monoisotopic (exact) mass is 422 g/mol. The third kappa shape index (κ3) is 5.33. The van der Waals surface area contributed by atoms with Gasteiger partial charge in [0.2, 0.25) is 5.91 Å². The van der Waals surface area contributed by atoms with E-state index in [0.29, 0.717) is 50.5 Å². The van der Waals surface area contributed by atoms with E-state index in [0.717, 1.165) is 16.8 Å². The molecule has 1 fully saturated rings. The number of likely N-dealkylation sites (tertiary alicyclic amines) is 1. The van der Waals surface area contributed by atoms with Gasteiger partial charge in [0.25, 0.3) is 0 Å². The van der Waals surface area contributed by atoms with Crippen molar-refractivity contribution in [1.29, 1.82) is 5.26 Å². The van der Waals surface area contributed by atoms with E-state index in [1.165, 1.54) is 0 Å². The summed E-state index contributed by atoms with van der Waals surface area (Å²) in [5.41, 5.74) is 3.44. The Morgan fingerprint density at radius 3 is 2.48 bits per heavy atom. The van der Waals surface area contributed by atoms with Gasteiger partial charge < -0.3 is 14.6 Å². The Bertz CT molecular complexity index is 967. The van der Waals surface area contributed by atoms with Crippen LogP contribution in [-0.4, -0.2) is 47.6 Å². The molecular weight excluding hydrogens is 392 g/mol. The van der Waals surface area contributed by atoms with Gasteiger partial charge in [-0.15, -0.1) is 0 Å². The molecule has 2 heterocycles. The molecule has 1 aliphatic heterocycles. The zero-order valence-corrected chi connectivity index (χ0v) is 18.5. The topological polar surface area (TPSA) is 87.4 Å². The second-order valence-electron chi connectivity index (χ2n) is 7.97. The summed E-state index contributed by atoms with van der Waals surface area (Å²) in [6.07, 6.45) is 1.39. The molecule has 0 aliphatic carbocycles. The molecule has 7 heteroatoms. The highest BCUT2D eigenvalue weighted by Gasteiger charge is 2.27. The fourth-order valence-electron chi connectivity index (χ4n) is 4.06. The maximum Gasteiger partial charge on any atom is 0.309 e. The number of anilines is 1. The van der Waals surface area contributed by atoms with Crippen LogP contribution in [0.5, 0.6) is 0 Å². The number of piperidine rings is 1. The Hall–Kier alpha value is -3.11. The van der Waals surface area contributed by atoms with Gasteiger partial charge in [-0.25, -0.2) is 0 Å². The van der Waals surface area contributed by atoms with Crippen LogP contribution in [-0.2, 0) is 20.9 Å². The van der Waals surface area contributed by atoms with Crippen molar-refractivity contribution in [2.45, 2.75) is 40.2 Å². The number of nitrogens with one attached hydrogen (secondary N) is 1. The molecule has 2 aromatic rings. The molecular formula is C24H30N4O3. The SMILES string of the molecule is CCOC(=O)C1CCN(CC(=O)Nc2c(C#N)c(C)c(C)n2Cc2ccccc2)CC1. The van der Waals surface area contributed by atoms with E-state index in [1.807, 2.05) is 60.6 Å². The Kier molecular flexibility index (Phi) is 7.48. The minimum absolute atomic E-state index is 0.0853. The number of rotatable bonds is 7. The van der Waals surface area contributed by atoms with Crippen molar-refractivity contribution in [2.24, 2.45) is 5.92 Å². The van der Waals surface area contributed by atoms with Crippen LogP contribution in [0.2, 0.25) is 0 Å². The zero-order chi connectivity index (χ0) is 22.4. The highest BCUT2D eigenvalue weighted by atomic mass is 16.5. The highest BCUT2D eigenvalue weighted by Crippen LogP contribution is 2.27. The van der Waals surface area contributed by atoms with Gasteiger partial charge in [0, 0.05) is 12.2 Å². The Morgan fingerprint density at radius 2 is 1.87 bits per heavy atom. The van der Waals surface area contributed by atoms with Crippen molar-refractivity contribution in [3.63, 3.8) is 0 Å². The van der Waals surface area contributed by atoms with Crippen LogP contribution in [0.1, 0.15) is 42.1 Å². The zero-order valence-electron chi connectivity index (χ0n) is 18.5. The van der Waals surface area contributed by atoms with Crippen molar-refractivity contribution in [2.75, 3.05) is 31.6 Å². The van der Waals surface area contributed by atoms with Crippen molar-refractivity contribution < 1.29 is 14.3 Å². The fraction of sp³-hybridized carbons (Fsp3) is 0.458. The standard InChI is InChI=1S/C24H30N4O3/c1-4-31-24(30)20-10-12-27(13-11-20)16-22(29)26-23-21(14-25)17(2)18(3)28(23)15-19-8-6-5-7-9-19/h5-9,20H,4,10-13,15-16H2,1-3H3,(H,26,29). The van der Waals surface area contributed by atoms with E-state index in [-0.39, 0.29) is 24.3 Å². The first-order valence-electron chi connectivity index (χ1n) is 10.8. The average molecular weight is 423 g/mol. The van der Waals surface area contributed by atoms with E-state index in [4.69, 9.17) is 4.74 Å². The van der Waals surface area contributed by atoms with Gasteiger partial charge in [-0.1, -0.05) is 30.3 Å². The van der Waals surface area contributed by atoms with E-state index in [9.17, 15) is 14.9 Å². The first-order valence-corrected chi connectivity index (χ1v) is 10.8. The van der Waals surface area contributed by atoms with Crippen LogP contribution in [0.3, 0.4) is 0 Å². The molecule has 1 aliphatic rings. The Morgan fingerprint density at radius 1 is 1.19 bits per heavy atom. The normalized spacial score (nSPS) is 14.8. The summed E-state index contributed by atoms with van der Waals surface area (Å²) in [5, 5.41) is 12.7. The van der Waals surface area contributed by atoms with Crippen LogP contribution < -0.4 is 5.32 Å². The Balaban J connectivity index is 1.68. The minimum Gasteiger partial charge on any atom is -0.466 e. The van der Waals surface area contributed by atoms with Crippen molar-refractivity contribution in [3.8, 4) is 6.07 Å². The summed E-state index contributed by atoms with van der Waals surface area (Å²) in [6.45, 7) is 8.23. The number of aromatic nitrogens is 1. The van der Waals surface area contributed by atoms with E-state index >= 15 is 0 Å². The summed E-state index contributed by atoms with van der Waals surface area (Å²) in [5.74, 6) is 0.165. The first-order chi connectivity index (χ1) is 14.9. The quantitative estimate of drug-likeness (QED) is 0.692. The molecule has 0 spiro atoms. The lowest BCUT2D eigenvalue weighted by Gasteiger charge is -2.30. The first kappa shape index (κ1) is 22.6. The number of nitriles is 1. The molecule has 1 amide bonds. The molecule has 1 saturated heterocycles. The van der Waals surface area contributed by atoms with Crippen molar-refractivity contribution in [3.05, 3.63) is 52.7 Å². The van der Waals surface area contributed by atoms with Gasteiger partial charge in [0.15, 0.2) is 0 Å². The maximum atomic E-state index is 12.8. The lowest BCUT2D eigenvalue weighted by atomic mass is 9.97. The molecule has 7 nitrogen and oxygen atoms in total. The summed E-state index contributed by atoms with van der Waals surface area (Å²) < 4.78 is 7.10. The van der Waals surface area contributed by atoms with Crippen LogP contribution in [0.4, 0.5) is 5.82 Å². The number of benzene rings is 1. The molecule has 31 heavy (non-hydrogen) atoms. The number of amides is 1. The number of nitrogens with zero attached hydrogens (tertiary/aromatic N) is 3. The fourth-order valence-corrected chi connectivity index (χ4v) is 4.06. The molecule has 0 radical (unpaired) electrons. The second kappa shape index (κ2) is 10.3. The molecule has 1 aromatic carbocycles. The Labute approximate surface area is 183 Å². The molecule has 164 valence electrons. The molecule has 0 atom stereocenters. The average Bonchev–Trinajstić information content (AvgIpc) is 2.98. The smallest absolute Gasteiger partial charge is 0.309 e.